The van der Waals surface area contributed by atoms with Crippen LogP contribution < -0.4 is 9.80 Å². The third-order valence-electron chi connectivity index (χ3n) is 4.99. The number of hydrogen-bond donors (Lipinski definition) is 0. The summed E-state index contributed by atoms with van der Waals surface area (Å²) in [6.45, 7) is 1.59. The first-order chi connectivity index (χ1) is 13.8. The molecule has 1 saturated heterocycles. The van der Waals surface area contributed by atoms with E-state index in [2.05, 4.69) is 11.1 Å². The molecule has 5 nitrogen and oxygen atoms in total. The summed E-state index contributed by atoms with van der Waals surface area (Å²) in [7, 11) is 0. The van der Waals surface area contributed by atoms with Gasteiger partial charge in [-0.25, -0.2) is 4.79 Å². The topological polar surface area (TPSA) is 60.2 Å². The molecule has 0 aliphatic carbocycles. The number of nitriles is 1. The molecule has 0 N–H and O–H groups in total. The Labute approximate surface area is 164 Å². The Morgan fingerprint density at radius 2 is 1.90 bits per heavy atom. The molecule has 8 heteroatoms. The van der Waals surface area contributed by atoms with Crippen molar-refractivity contribution in [3.05, 3.63) is 66.0 Å². The summed E-state index contributed by atoms with van der Waals surface area (Å²) < 4.78 is 39.5. The van der Waals surface area contributed by atoms with E-state index in [0.717, 1.165) is 22.9 Å². The Morgan fingerprint density at radius 3 is 2.62 bits per heavy atom. The zero-order valence-corrected chi connectivity index (χ0v) is 15.3. The number of fused-ring (bicyclic) bond motifs is 1. The zero-order valence-electron chi connectivity index (χ0n) is 15.3. The maximum absolute atomic E-state index is 13.2. The first-order valence-electron chi connectivity index (χ1n) is 8.82. The fraction of sp³-hybridized carbons (Fsp3) is 0.190. The van der Waals surface area contributed by atoms with Crippen LogP contribution in [0.25, 0.3) is 10.8 Å². The van der Waals surface area contributed by atoms with Crippen LogP contribution in [0.2, 0.25) is 0 Å². The summed E-state index contributed by atoms with van der Waals surface area (Å²) in [6.07, 6.45) is -1.39. The summed E-state index contributed by atoms with van der Waals surface area (Å²) in [5.74, 6) is 0. The van der Waals surface area contributed by atoms with Gasteiger partial charge in [-0.15, -0.1) is 0 Å². The number of benzene rings is 2. The van der Waals surface area contributed by atoms with Gasteiger partial charge in [-0.3, -0.25) is 14.8 Å². The maximum atomic E-state index is 13.2. The van der Waals surface area contributed by atoms with E-state index in [1.807, 2.05) is 24.3 Å². The minimum absolute atomic E-state index is 0.0410. The smallest absolute Gasteiger partial charge is 0.291 e. The Morgan fingerprint density at radius 1 is 1.14 bits per heavy atom. The predicted molar refractivity (Wildman–Crippen MR) is 103 cm³/mol. The first-order valence-corrected chi connectivity index (χ1v) is 8.82. The van der Waals surface area contributed by atoms with Gasteiger partial charge in [-0.1, -0.05) is 30.3 Å². The van der Waals surface area contributed by atoms with Crippen molar-refractivity contribution >= 4 is 28.2 Å². The Balaban J connectivity index is 1.81. The highest BCUT2D eigenvalue weighted by molar-refractivity contribution is 6.11. The number of anilines is 2. The SMILES string of the molecule is Cc1ccc(C(F)(F)F)cc1N1C[C@H](C#N)N(c2cncc3ccccc23)C1=O. The van der Waals surface area contributed by atoms with Gasteiger partial charge in [0.1, 0.15) is 6.04 Å². The van der Waals surface area contributed by atoms with Crippen molar-refractivity contribution in [1.29, 1.82) is 5.26 Å². The molecule has 1 aliphatic heterocycles. The van der Waals surface area contributed by atoms with Gasteiger partial charge in [-0.2, -0.15) is 18.4 Å². The molecule has 1 atom stereocenters. The number of carbonyl (C=O) groups is 1. The second kappa shape index (κ2) is 6.78. The number of carbonyl (C=O) groups excluding carboxylic acids is 1. The average Bonchev–Trinajstić information content (AvgIpc) is 3.03. The fourth-order valence-corrected chi connectivity index (χ4v) is 3.54. The van der Waals surface area contributed by atoms with Gasteiger partial charge >= 0.3 is 12.2 Å². The highest BCUT2D eigenvalue weighted by Gasteiger charge is 2.41. The van der Waals surface area contributed by atoms with E-state index in [1.165, 1.54) is 22.1 Å². The molecule has 0 spiro atoms. The van der Waals surface area contributed by atoms with Crippen LogP contribution in [0.1, 0.15) is 11.1 Å². The van der Waals surface area contributed by atoms with E-state index in [4.69, 9.17) is 0 Å². The van der Waals surface area contributed by atoms with E-state index in [9.17, 15) is 23.2 Å². The molecule has 3 aromatic rings. The number of halogens is 3. The molecule has 0 bridgehead atoms. The summed E-state index contributed by atoms with van der Waals surface area (Å²) in [4.78, 5) is 19.9. The molecule has 1 aliphatic rings. The maximum Gasteiger partial charge on any atom is 0.416 e. The molecule has 29 heavy (non-hydrogen) atoms. The van der Waals surface area contributed by atoms with Crippen LogP contribution in [0, 0.1) is 18.3 Å². The molecule has 2 heterocycles. The van der Waals surface area contributed by atoms with Crippen LogP contribution in [-0.2, 0) is 6.18 Å². The lowest BCUT2D eigenvalue weighted by Gasteiger charge is -2.22. The molecule has 2 amide bonds. The minimum atomic E-state index is -4.53. The molecular formula is C21H15F3N4O. The number of hydrogen-bond acceptors (Lipinski definition) is 3. The third-order valence-corrected chi connectivity index (χ3v) is 4.99. The fourth-order valence-electron chi connectivity index (χ4n) is 3.54. The summed E-state index contributed by atoms with van der Waals surface area (Å²) in [5.41, 5.74) is 0.262. The largest absolute Gasteiger partial charge is 0.416 e. The normalized spacial score (nSPS) is 17.1. The lowest BCUT2D eigenvalue weighted by atomic mass is 10.1. The Hall–Kier alpha value is -3.60. The lowest BCUT2D eigenvalue weighted by molar-refractivity contribution is -0.137. The average molecular weight is 396 g/mol. The van der Waals surface area contributed by atoms with Crippen LogP contribution >= 0.6 is 0 Å². The first kappa shape index (κ1) is 18.7. The van der Waals surface area contributed by atoms with Crippen molar-refractivity contribution < 1.29 is 18.0 Å². The van der Waals surface area contributed by atoms with Gasteiger partial charge in [-0.05, 0) is 24.6 Å². The monoisotopic (exact) mass is 396 g/mol. The van der Waals surface area contributed by atoms with Gasteiger partial charge in [0.25, 0.3) is 0 Å². The number of nitrogens with zero attached hydrogens (tertiary/aromatic N) is 4. The zero-order chi connectivity index (χ0) is 20.8. The second-order valence-electron chi connectivity index (χ2n) is 6.79. The van der Waals surface area contributed by atoms with Crippen LogP contribution in [0.15, 0.2) is 54.9 Å². The molecule has 0 unspecified atom stereocenters. The quantitative estimate of drug-likeness (QED) is 0.619. The molecule has 2 aromatic carbocycles. The number of rotatable bonds is 2. The predicted octanol–water partition coefficient (Wildman–Crippen LogP) is 4.90. The lowest BCUT2D eigenvalue weighted by Crippen LogP contribution is -2.35. The molecule has 0 radical (unpaired) electrons. The van der Waals surface area contributed by atoms with Crippen molar-refractivity contribution in [3.8, 4) is 6.07 Å². The number of amides is 2. The number of aryl methyl sites for hydroxylation is 1. The van der Waals surface area contributed by atoms with Crippen LogP contribution in [0.3, 0.4) is 0 Å². The molecule has 1 fully saturated rings. The van der Waals surface area contributed by atoms with E-state index in [-0.39, 0.29) is 12.2 Å². The van der Waals surface area contributed by atoms with Crippen molar-refractivity contribution in [2.75, 3.05) is 16.3 Å². The Bertz CT molecular complexity index is 1150. The van der Waals surface area contributed by atoms with E-state index < -0.39 is 23.8 Å². The molecule has 0 saturated carbocycles. The standard InChI is InChI=1S/C21H15F3N4O/c1-13-6-7-15(21(22,23)24)8-18(13)27-12-16(9-25)28(20(27)29)19-11-26-10-14-4-2-3-5-17(14)19/h2-8,10-11,16H,12H2,1H3/t16-/m0/s1. The van der Waals surface area contributed by atoms with Gasteiger partial charge < -0.3 is 0 Å². The van der Waals surface area contributed by atoms with Crippen molar-refractivity contribution in [2.24, 2.45) is 0 Å². The van der Waals surface area contributed by atoms with Gasteiger partial charge in [0, 0.05) is 22.7 Å². The number of alkyl halides is 3. The number of aromatic nitrogens is 1. The van der Waals surface area contributed by atoms with Crippen LogP contribution in [-0.4, -0.2) is 23.6 Å². The van der Waals surface area contributed by atoms with Crippen LogP contribution in [0.5, 0.6) is 0 Å². The second-order valence-corrected chi connectivity index (χ2v) is 6.79. The highest BCUT2D eigenvalue weighted by atomic mass is 19.4. The highest BCUT2D eigenvalue weighted by Crippen LogP contribution is 2.37. The Kier molecular flexibility index (Phi) is 4.38. The summed E-state index contributed by atoms with van der Waals surface area (Å²) >= 11 is 0. The van der Waals surface area contributed by atoms with Gasteiger partial charge in [0.2, 0.25) is 0 Å². The van der Waals surface area contributed by atoms with Gasteiger partial charge in [0.05, 0.1) is 30.1 Å². The minimum Gasteiger partial charge on any atom is -0.291 e. The van der Waals surface area contributed by atoms with Crippen molar-refractivity contribution in [2.45, 2.75) is 19.1 Å². The number of urea groups is 1. The summed E-state index contributed by atoms with van der Waals surface area (Å²) in [5, 5.41) is 11.2. The van der Waals surface area contributed by atoms with E-state index in [1.54, 1.807) is 13.1 Å². The van der Waals surface area contributed by atoms with E-state index in [0.29, 0.717) is 11.3 Å². The molecule has 146 valence electrons. The van der Waals surface area contributed by atoms with Crippen LogP contribution in [0.4, 0.5) is 29.3 Å². The number of pyridine rings is 1. The van der Waals surface area contributed by atoms with E-state index >= 15 is 0 Å². The van der Waals surface area contributed by atoms with Gasteiger partial charge in [0.15, 0.2) is 0 Å². The summed E-state index contributed by atoms with van der Waals surface area (Å²) in [6, 6.07) is 11.2. The van der Waals surface area contributed by atoms with Crippen molar-refractivity contribution in [1.82, 2.24) is 4.98 Å². The molecular weight excluding hydrogens is 381 g/mol. The van der Waals surface area contributed by atoms with Crippen molar-refractivity contribution in [3.63, 3.8) is 0 Å². The third kappa shape index (κ3) is 3.14. The molecule has 1 aromatic heterocycles. The molecule has 4 rings (SSSR count).